The van der Waals surface area contributed by atoms with Crippen molar-refractivity contribution in [3.05, 3.63) is 59.5 Å². The third kappa shape index (κ3) is 5.48. The van der Waals surface area contributed by atoms with E-state index < -0.39 is 0 Å². The van der Waals surface area contributed by atoms with Crippen LogP contribution in [0.2, 0.25) is 0 Å². The molecule has 2 heterocycles. The molecule has 164 valence electrons. The van der Waals surface area contributed by atoms with Gasteiger partial charge in [0, 0.05) is 23.4 Å². The summed E-state index contributed by atoms with van der Waals surface area (Å²) < 4.78 is 30.1. The van der Waals surface area contributed by atoms with Gasteiger partial charge in [-0.1, -0.05) is 5.16 Å². The van der Waals surface area contributed by atoms with E-state index in [2.05, 4.69) is 10.1 Å². The summed E-state index contributed by atoms with van der Waals surface area (Å²) in [5, 5.41) is 5.00. The van der Waals surface area contributed by atoms with E-state index >= 15 is 0 Å². The van der Waals surface area contributed by atoms with E-state index in [4.69, 9.17) is 14.0 Å². The normalized spacial score (nSPS) is 15.4. The molecule has 1 aromatic heterocycles. The zero-order valence-electron chi connectivity index (χ0n) is 17.7. The van der Waals surface area contributed by atoms with Crippen molar-refractivity contribution in [3.63, 3.8) is 0 Å². The highest BCUT2D eigenvalue weighted by Gasteiger charge is 2.25. The zero-order chi connectivity index (χ0) is 21.6. The first kappa shape index (κ1) is 21.5. The number of piperidine rings is 1. The van der Waals surface area contributed by atoms with Crippen molar-refractivity contribution in [1.29, 1.82) is 0 Å². The standard InChI is InChI=1S/C24H27FN2O4/c1-17(28)18-3-6-21(7-4-18)30-16-29-14-2-11-27-12-9-19(10-13-27)24-22-15-20(25)5-8-23(22)31-26-24/h3-8,15,19H,2,9-14,16H2,1H3. The lowest BCUT2D eigenvalue weighted by Gasteiger charge is -2.31. The minimum absolute atomic E-state index is 0.0371. The average Bonchev–Trinajstić information content (AvgIpc) is 3.20. The number of carbonyl (C=O) groups is 1. The molecule has 0 atom stereocenters. The highest BCUT2D eigenvalue weighted by atomic mass is 19.1. The highest BCUT2D eigenvalue weighted by Crippen LogP contribution is 2.32. The molecule has 0 spiro atoms. The van der Waals surface area contributed by atoms with E-state index in [0.717, 1.165) is 50.0 Å². The van der Waals surface area contributed by atoms with Crippen LogP contribution in [0.4, 0.5) is 4.39 Å². The van der Waals surface area contributed by atoms with Gasteiger partial charge in [-0.25, -0.2) is 4.39 Å². The molecule has 0 radical (unpaired) electrons. The van der Waals surface area contributed by atoms with Crippen LogP contribution in [0.15, 0.2) is 47.0 Å². The molecule has 2 aromatic carbocycles. The summed E-state index contributed by atoms with van der Waals surface area (Å²) in [6.07, 6.45) is 2.89. The summed E-state index contributed by atoms with van der Waals surface area (Å²) in [4.78, 5) is 13.7. The summed E-state index contributed by atoms with van der Waals surface area (Å²) in [6.45, 7) is 5.28. The summed E-state index contributed by atoms with van der Waals surface area (Å²) in [5.74, 6) is 0.771. The van der Waals surface area contributed by atoms with E-state index in [1.165, 1.54) is 12.1 Å². The van der Waals surface area contributed by atoms with Crippen LogP contribution in [0.25, 0.3) is 11.0 Å². The second-order valence-electron chi connectivity index (χ2n) is 7.93. The van der Waals surface area contributed by atoms with Gasteiger partial charge in [0.2, 0.25) is 0 Å². The van der Waals surface area contributed by atoms with Crippen molar-refractivity contribution < 1.29 is 23.2 Å². The Morgan fingerprint density at radius 1 is 1.19 bits per heavy atom. The fourth-order valence-corrected chi connectivity index (χ4v) is 4.00. The third-order valence-electron chi connectivity index (χ3n) is 5.77. The Kier molecular flexibility index (Phi) is 6.94. The van der Waals surface area contributed by atoms with Gasteiger partial charge in [-0.05, 0) is 81.7 Å². The number of rotatable bonds is 9. The van der Waals surface area contributed by atoms with Gasteiger partial charge in [-0.3, -0.25) is 4.79 Å². The number of nitrogens with zero attached hydrogens (tertiary/aromatic N) is 2. The molecule has 7 heteroatoms. The molecule has 0 N–H and O–H groups in total. The maximum absolute atomic E-state index is 13.6. The van der Waals surface area contributed by atoms with E-state index in [1.807, 2.05) is 0 Å². The lowest BCUT2D eigenvalue weighted by atomic mass is 9.91. The molecule has 1 aliphatic rings. The number of likely N-dealkylation sites (tertiary alicyclic amines) is 1. The first-order valence-corrected chi connectivity index (χ1v) is 10.7. The number of hydrogen-bond donors (Lipinski definition) is 0. The molecule has 3 aromatic rings. The van der Waals surface area contributed by atoms with Crippen molar-refractivity contribution in [1.82, 2.24) is 10.1 Å². The molecule has 6 nitrogen and oxygen atoms in total. The van der Waals surface area contributed by atoms with Gasteiger partial charge in [-0.15, -0.1) is 0 Å². The topological polar surface area (TPSA) is 64.8 Å². The molecular weight excluding hydrogens is 399 g/mol. The molecule has 0 aliphatic carbocycles. The van der Waals surface area contributed by atoms with Gasteiger partial charge in [-0.2, -0.15) is 0 Å². The minimum atomic E-state index is -0.258. The van der Waals surface area contributed by atoms with E-state index in [1.54, 1.807) is 37.3 Å². The van der Waals surface area contributed by atoms with Gasteiger partial charge in [0.05, 0.1) is 12.3 Å². The van der Waals surface area contributed by atoms with Gasteiger partial charge in [0.15, 0.2) is 18.2 Å². The van der Waals surface area contributed by atoms with Gasteiger partial charge in [0.25, 0.3) is 0 Å². The molecule has 1 fully saturated rings. The van der Waals surface area contributed by atoms with Crippen LogP contribution in [-0.2, 0) is 4.74 Å². The monoisotopic (exact) mass is 426 g/mol. The average molecular weight is 426 g/mol. The van der Waals surface area contributed by atoms with Crippen LogP contribution in [0.1, 0.15) is 48.2 Å². The Labute approximate surface area is 180 Å². The number of carbonyl (C=O) groups excluding carboxylic acids is 1. The maximum Gasteiger partial charge on any atom is 0.189 e. The van der Waals surface area contributed by atoms with E-state index in [9.17, 15) is 9.18 Å². The van der Waals surface area contributed by atoms with Gasteiger partial charge < -0.3 is 18.9 Å². The lowest BCUT2D eigenvalue weighted by molar-refractivity contribution is 0.0106. The Hall–Kier alpha value is -2.77. The number of aromatic nitrogens is 1. The summed E-state index contributed by atoms with van der Waals surface area (Å²) in [7, 11) is 0. The van der Waals surface area contributed by atoms with Crippen molar-refractivity contribution in [2.45, 2.75) is 32.1 Å². The van der Waals surface area contributed by atoms with Crippen LogP contribution in [0.5, 0.6) is 5.75 Å². The maximum atomic E-state index is 13.6. The van der Waals surface area contributed by atoms with Crippen LogP contribution in [0.3, 0.4) is 0 Å². The predicted molar refractivity (Wildman–Crippen MR) is 115 cm³/mol. The number of benzene rings is 2. The Morgan fingerprint density at radius 3 is 2.71 bits per heavy atom. The van der Waals surface area contributed by atoms with Crippen molar-refractivity contribution >= 4 is 16.8 Å². The smallest absolute Gasteiger partial charge is 0.189 e. The van der Waals surface area contributed by atoms with Crippen molar-refractivity contribution in [2.75, 3.05) is 33.0 Å². The molecular formula is C24H27FN2O4. The Bertz CT molecular complexity index is 1010. The van der Waals surface area contributed by atoms with E-state index in [0.29, 0.717) is 29.4 Å². The second-order valence-corrected chi connectivity index (χ2v) is 7.93. The highest BCUT2D eigenvalue weighted by molar-refractivity contribution is 5.94. The molecule has 0 saturated carbocycles. The van der Waals surface area contributed by atoms with E-state index in [-0.39, 0.29) is 18.4 Å². The fourth-order valence-electron chi connectivity index (χ4n) is 4.00. The summed E-state index contributed by atoms with van der Waals surface area (Å²) in [6, 6.07) is 11.6. The number of ether oxygens (including phenoxy) is 2. The molecule has 31 heavy (non-hydrogen) atoms. The van der Waals surface area contributed by atoms with Gasteiger partial charge in [0.1, 0.15) is 11.6 Å². The Balaban J connectivity index is 1.13. The fraction of sp³-hybridized carbons (Fsp3) is 0.417. The molecule has 0 bridgehead atoms. The van der Waals surface area contributed by atoms with Crippen LogP contribution in [-0.4, -0.2) is 48.9 Å². The predicted octanol–water partition coefficient (Wildman–Crippen LogP) is 4.79. The second kappa shape index (κ2) is 10.0. The van der Waals surface area contributed by atoms with Crippen LogP contribution >= 0.6 is 0 Å². The SMILES string of the molecule is CC(=O)c1ccc(OCOCCCN2CCC(c3noc4ccc(F)cc34)CC2)cc1. The van der Waals surface area contributed by atoms with Crippen LogP contribution < -0.4 is 4.74 Å². The molecule has 0 unspecified atom stereocenters. The Morgan fingerprint density at radius 2 is 1.97 bits per heavy atom. The van der Waals surface area contributed by atoms with Crippen molar-refractivity contribution in [2.24, 2.45) is 0 Å². The zero-order valence-corrected chi connectivity index (χ0v) is 17.7. The van der Waals surface area contributed by atoms with Gasteiger partial charge >= 0.3 is 0 Å². The quantitative estimate of drug-likeness (QED) is 0.278. The summed E-state index contributed by atoms with van der Waals surface area (Å²) >= 11 is 0. The molecule has 0 amide bonds. The first-order valence-electron chi connectivity index (χ1n) is 10.7. The van der Waals surface area contributed by atoms with Crippen molar-refractivity contribution in [3.8, 4) is 5.75 Å². The molecule has 1 aliphatic heterocycles. The molecule has 1 saturated heterocycles. The third-order valence-corrected chi connectivity index (χ3v) is 5.77. The number of hydrogen-bond acceptors (Lipinski definition) is 6. The molecule has 4 rings (SSSR count). The number of Topliss-reactive ketones (excluding diaryl/α,β-unsaturated/α-hetero) is 1. The largest absolute Gasteiger partial charge is 0.468 e. The number of fused-ring (bicyclic) bond motifs is 1. The lowest BCUT2D eigenvalue weighted by Crippen LogP contribution is -2.34. The summed E-state index contributed by atoms with van der Waals surface area (Å²) in [5.41, 5.74) is 2.19. The number of ketones is 1. The minimum Gasteiger partial charge on any atom is -0.468 e. The van der Waals surface area contributed by atoms with Crippen LogP contribution in [0, 0.1) is 5.82 Å². The number of halogens is 1. The first-order chi connectivity index (χ1) is 15.1.